The lowest BCUT2D eigenvalue weighted by molar-refractivity contribution is -0.222. The van der Waals surface area contributed by atoms with Gasteiger partial charge in [0, 0.05) is 0 Å². The van der Waals surface area contributed by atoms with Crippen LogP contribution in [0.1, 0.15) is 41.5 Å². The topological polar surface area (TPSA) is 81.7 Å². The van der Waals surface area contributed by atoms with Crippen molar-refractivity contribution in [3.05, 3.63) is 12.2 Å². The average molecular weight is 384 g/mol. The van der Waals surface area contributed by atoms with Crippen LogP contribution in [0.2, 0.25) is 0 Å². The van der Waals surface area contributed by atoms with Crippen molar-refractivity contribution in [2.45, 2.75) is 95.7 Å². The van der Waals surface area contributed by atoms with Gasteiger partial charge in [0.1, 0.15) is 30.5 Å². The van der Waals surface area contributed by atoms with E-state index in [1.807, 2.05) is 27.7 Å². The van der Waals surface area contributed by atoms with Gasteiger partial charge in [-0.3, -0.25) is 4.79 Å². The van der Waals surface area contributed by atoms with E-state index in [4.69, 9.17) is 33.2 Å². The fourth-order valence-corrected chi connectivity index (χ4v) is 3.92. The minimum absolute atomic E-state index is 0.176. The summed E-state index contributed by atoms with van der Waals surface area (Å²) < 4.78 is 41.0. The van der Waals surface area contributed by atoms with Gasteiger partial charge in [0.25, 0.3) is 0 Å². The van der Waals surface area contributed by atoms with Crippen LogP contribution in [0.15, 0.2) is 12.2 Å². The lowest BCUT2D eigenvalue weighted by Gasteiger charge is -2.36. The third-order valence-corrected chi connectivity index (χ3v) is 4.97. The summed E-state index contributed by atoms with van der Waals surface area (Å²) in [4.78, 5) is 12.5. The van der Waals surface area contributed by atoms with Crippen LogP contribution in [-0.2, 0) is 38.0 Å². The number of rotatable bonds is 3. The first-order valence-corrected chi connectivity index (χ1v) is 9.35. The molecule has 0 amide bonds. The van der Waals surface area contributed by atoms with Gasteiger partial charge in [-0.15, -0.1) is 0 Å². The molecule has 0 radical (unpaired) electrons. The normalized spacial score (nSPS) is 44.4. The van der Waals surface area contributed by atoms with Gasteiger partial charge in [-0.1, -0.05) is 0 Å². The van der Waals surface area contributed by atoms with Gasteiger partial charge >= 0.3 is 0 Å². The molecule has 4 rings (SSSR count). The van der Waals surface area contributed by atoms with Gasteiger partial charge in [0.2, 0.25) is 0 Å². The van der Waals surface area contributed by atoms with Gasteiger partial charge in [-0.2, -0.15) is 0 Å². The molecule has 4 fully saturated rings. The second-order valence-corrected chi connectivity index (χ2v) is 8.71. The molecule has 0 aromatic rings. The number of hydrogen-bond acceptors (Lipinski definition) is 8. The summed E-state index contributed by atoms with van der Waals surface area (Å²) in [5, 5.41) is 0. The Morgan fingerprint density at radius 2 is 1.44 bits per heavy atom. The third-order valence-electron chi connectivity index (χ3n) is 4.97. The van der Waals surface area contributed by atoms with Crippen molar-refractivity contribution in [2.75, 3.05) is 6.61 Å². The predicted octanol–water partition coefficient (Wildman–Crippen LogP) is 1.66. The van der Waals surface area contributed by atoms with Crippen LogP contribution in [0.25, 0.3) is 0 Å². The quantitative estimate of drug-likeness (QED) is 0.680. The zero-order valence-corrected chi connectivity index (χ0v) is 16.6. The molecule has 0 aromatic carbocycles. The average Bonchev–Trinajstić information content (AvgIpc) is 3.15. The van der Waals surface area contributed by atoms with Crippen molar-refractivity contribution in [3.63, 3.8) is 0 Å². The summed E-state index contributed by atoms with van der Waals surface area (Å²) in [5.74, 6) is -2.47. The molecule has 152 valence electrons. The molecule has 0 bridgehead atoms. The van der Waals surface area contributed by atoms with E-state index in [1.54, 1.807) is 19.9 Å². The smallest absolute Gasteiger partial charge is 0.190 e. The second kappa shape index (κ2) is 6.32. The van der Waals surface area contributed by atoms with Crippen LogP contribution in [-0.4, -0.2) is 66.6 Å². The molecule has 4 aliphatic heterocycles. The van der Waals surface area contributed by atoms with E-state index >= 15 is 0 Å². The van der Waals surface area contributed by atoms with E-state index in [1.165, 1.54) is 6.08 Å². The fourth-order valence-electron chi connectivity index (χ4n) is 3.92. The Balaban J connectivity index is 1.50. The first-order chi connectivity index (χ1) is 12.4. The number of hydrogen-bond donors (Lipinski definition) is 0. The van der Waals surface area contributed by atoms with Gasteiger partial charge in [-0.05, 0) is 53.7 Å². The van der Waals surface area contributed by atoms with Gasteiger partial charge in [0.15, 0.2) is 29.4 Å². The largest absolute Gasteiger partial charge is 0.347 e. The summed E-state index contributed by atoms with van der Waals surface area (Å²) in [6.45, 7) is 11.2. The molecule has 0 N–H and O–H groups in total. The number of carbonyl (C=O) groups excluding carboxylic acids is 1. The number of fused-ring (bicyclic) bond motifs is 3. The van der Waals surface area contributed by atoms with Crippen LogP contribution in [0.5, 0.6) is 0 Å². The summed E-state index contributed by atoms with van der Waals surface area (Å²) in [5.41, 5.74) is 0. The monoisotopic (exact) mass is 384 g/mol. The molecule has 0 spiro atoms. The molecular formula is C19H28O8. The molecule has 0 aromatic heterocycles. The minimum atomic E-state index is -0.773. The Morgan fingerprint density at radius 3 is 2.11 bits per heavy atom. The van der Waals surface area contributed by atoms with Gasteiger partial charge < -0.3 is 33.2 Å². The van der Waals surface area contributed by atoms with Crippen molar-refractivity contribution < 1.29 is 38.0 Å². The number of carbonyl (C=O) groups is 1. The van der Waals surface area contributed by atoms with Crippen LogP contribution >= 0.6 is 0 Å². The molecule has 0 aliphatic carbocycles. The summed E-state index contributed by atoms with van der Waals surface area (Å²) in [7, 11) is 0. The highest BCUT2D eigenvalue weighted by molar-refractivity contribution is 5.93. The van der Waals surface area contributed by atoms with E-state index < -0.39 is 42.0 Å². The molecule has 4 aliphatic rings. The van der Waals surface area contributed by atoms with Crippen LogP contribution < -0.4 is 0 Å². The standard InChI is InChI=1S/C19H28O8/c1-17(2)21-9-12(23-17)10(20)7-8-11-13-14(25-18(3,4)24-13)15-16(22-11)27-19(5,6)26-15/h7-8,11-16H,9H2,1-6H3/b8-7+/t11-,12-,13+,14+,15-,16-/m1/s1. The molecule has 27 heavy (non-hydrogen) atoms. The summed E-state index contributed by atoms with van der Waals surface area (Å²) in [6.07, 6.45) is 0.292. The molecular weight excluding hydrogens is 356 g/mol. The Morgan fingerprint density at radius 1 is 0.815 bits per heavy atom. The Hall–Kier alpha value is -0.870. The molecule has 4 saturated heterocycles. The Bertz CT molecular complexity index is 640. The maximum Gasteiger partial charge on any atom is 0.190 e. The van der Waals surface area contributed by atoms with E-state index in [2.05, 4.69) is 0 Å². The molecule has 4 heterocycles. The Kier molecular flexibility index (Phi) is 4.55. The van der Waals surface area contributed by atoms with Crippen molar-refractivity contribution in [1.82, 2.24) is 0 Å². The Labute approximate surface area is 159 Å². The maximum atomic E-state index is 12.5. The first kappa shape index (κ1) is 19.4. The molecule has 0 saturated carbocycles. The highest BCUT2D eigenvalue weighted by Crippen LogP contribution is 2.44. The first-order valence-electron chi connectivity index (χ1n) is 9.35. The zero-order valence-electron chi connectivity index (χ0n) is 16.6. The zero-order chi connectivity index (χ0) is 19.6. The molecule has 8 nitrogen and oxygen atoms in total. The van der Waals surface area contributed by atoms with Gasteiger partial charge in [0.05, 0.1) is 6.61 Å². The van der Waals surface area contributed by atoms with Gasteiger partial charge in [-0.25, -0.2) is 0 Å². The highest BCUT2D eigenvalue weighted by atomic mass is 16.9. The van der Waals surface area contributed by atoms with Crippen molar-refractivity contribution in [1.29, 1.82) is 0 Å². The van der Waals surface area contributed by atoms with E-state index in [9.17, 15) is 4.79 Å². The molecule has 0 unspecified atom stereocenters. The van der Waals surface area contributed by atoms with Crippen molar-refractivity contribution in [2.24, 2.45) is 0 Å². The molecule has 8 heteroatoms. The summed E-state index contributed by atoms with van der Waals surface area (Å²) >= 11 is 0. The second-order valence-electron chi connectivity index (χ2n) is 8.71. The lowest BCUT2D eigenvalue weighted by Crippen LogP contribution is -2.54. The van der Waals surface area contributed by atoms with Crippen molar-refractivity contribution >= 4 is 5.78 Å². The van der Waals surface area contributed by atoms with Crippen molar-refractivity contribution in [3.8, 4) is 0 Å². The predicted molar refractivity (Wildman–Crippen MR) is 91.6 cm³/mol. The number of ketones is 1. The lowest BCUT2D eigenvalue weighted by atomic mass is 9.98. The van der Waals surface area contributed by atoms with Crippen LogP contribution in [0.4, 0.5) is 0 Å². The third kappa shape index (κ3) is 3.85. The highest BCUT2D eigenvalue weighted by Gasteiger charge is 2.60. The van der Waals surface area contributed by atoms with E-state index in [0.717, 1.165) is 0 Å². The van der Waals surface area contributed by atoms with E-state index in [-0.39, 0.29) is 24.6 Å². The number of ether oxygens (including phenoxy) is 7. The summed E-state index contributed by atoms with van der Waals surface area (Å²) in [6, 6.07) is 0. The molecule has 6 atom stereocenters. The van der Waals surface area contributed by atoms with Crippen LogP contribution in [0, 0.1) is 0 Å². The fraction of sp³-hybridized carbons (Fsp3) is 0.842. The van der Waals surface area contributed by atoms with E-state index in [0.29, 0.717) is 0 Å². The minimum Gasteiger partial charge on any atom is -0.347 e. The SMILES string of the molecule is CC1(C)O[C@H]2[C@@H](O1)[C@@H](/C=C/C(=O)[C@H]1COC(C)(C)O1)O[C@@H]1OC(C)(C)O[C@@H]12. The van der Waals surface area contributed by atoms with Crippen LogP contribution in [0.3, 0.4) is 0 Å². The maximum absolute atomic E-state index is 12.5.